The molecule has 1 aliphatic heterocycles. The number of hydrogen-bond donors (Lipinski definition) is 3. The van der Waals surface area contributed by atoms with Crippen LogP contribution in [-0.4, -0.2) is 39.9 Å². The van der Waals surface area contributed by atoms with Gasteiger partial charge in [-0.15, -0.1) is 11.8 Å². The van der Waals surface area contributed by atoms with E-state index in [0.29, 0.717) is 23.4 Å². The number of hydrogen-bond acceptors (Lipinski definition) is 7. The number of carboxylic acid groups (broad SMARTS) is 2. The summed E-state index contributed by atoms with van der Waals surface area (Å²) in [6, 6.07) is 1.67. The molecular weight excluding hydrogens is 421 g/mol. The average Bonchev–Trinajstić information content (AvgIpc) is 2.70. The molecule has 0 bridgehead atoms. The number of allylic oxidation sites excluding steroid dienone is 2. The summed E-state index contributed by atoms with van der Waals surface area (Å²) in [4.78, 5) is 45.3. The molecule has 9 nitrogen and oxygen atoms in total. The van der Waals surface area contributed by atoms with Gasteiger partial charge in [-0.25, -0.2) is 9.36 Å². The van der Waals surface area contributed by atoms with Crippen LogP contribution < -0.4 is 50.0 Å². The molecule has 11 heteroatoms. The molecule has 1 aliphatic rings. The summed E-state index contributed by atoms with van der Waals surface area (Å²) in [6.07, 6.45) is 7.95. The summed E-state index contributed by atoms with van der Waals surface area (Å²) in [5, 5.41) is 23.5. The molecular formula is C19H19N3NaO6S+. The van der Waals surface area contributed by atoms with Crippen LogP contribution >= 0.6 is 11.8 Å². The summed E-state index contributed by atoms with van der Waals surface area (Å²) in [5.41, 5.74) is 0.356. The summed E-state index contributed by atoms with van der Waals surface area (Å²) in [6.45, 7) is 4.29. The summed E-state index contributed by atoms with van der Waals surface area (Å²) >= 11 is 1.60. The second-order valence-electron chi connectivity index (χ2n) is 5.99. The Hall–Kier alpha value is -2.40. The van der Waals surface area contributed by atoms with Crippen LogP contribution in [-0.2, 0) is 16.1 Å². The van der Waals surface area contributed by atoms with Crippen LogP contribution in [0, 0.1) is 0 Å². The van der Waals surface area contributed by atoms with Crippen LogP contribution in [0.3, 0.4) is 0 Å². The smallest absolute Gasteiger partial charge is 0.545 e. The minimum absolute atomic E-state index is 0. The average molecular weight is 440 g/mol. The van der Waals surface area contributed by atoms with Gasteiger partial charge in [-0.2, -0.15) is 0 Å². The number of aromatic nitrogens is 2. The van der Waals surface area contributed by atoms with E-state index in [1.165, 1.54) is 0 Å². The number of aromatic carboxylic acids is 1. The van der Waals surface area contributed by atoms with Gasteiger partial charge in [0.2, 0.25) is 5.43 Å². The largest absolute Gasteiger partial charge is 1.00 e. The quantitative estimate of drug-likeness (QED) is 0.322. The standard InChI is InChI=1S/C18H17N3O5S.CH2O.Na/c1-10-20-15(18(25)26)11(9-27-10)3-2-5-21-6-4-14-13(8-21)16(22)12(7-19-14)17(23)24;1-2;/h2-4,6-8,10,20H,5,9H2,1H3,(H2,23,24,25,26);1H2;/q;;+1/b3-2+;;. The van der Waals surface area contributed by atoms with Gasteiger partial charge in [-0.3, -0.25) is 4.79 Å². The van der Waals surface area contributed by atoms with Gasteiger partial charge in [-0.05, 0) is 18.6 Å². The Morgan fingerprint density at radius 3 is 2.77 bits per heavy atom. The predicted molar refractivity (Wildman–Crippen MR) is 105 cm³/mol. The van der Waals surface area contributed by atoms with E-state index in [-0.39, 0.29) is 46.0 Å². The first-order valence-corrected chi connectivity index (χ1v) is 9.47. The Labute approximate surface area is 198 Å². The van der Waals surface area contributed by atoms with Crippen LogP contribution in [0.15, 0.2) is 52.9 Å². The van der Waals surface area contributed by atoms with Crippen molar-refractivity contribution in [2.45, 2.75) is 18.8 Å². The SMILES string of the molecule is C=O.CC1NC(C(=O)O)=C(/C=C/C[n+]2ccc3[nH]cc(C(=O)[O-])c(=O)c3c2)CS1.[Na+]. The molecule has 0 fully saturated rings. The van der Waals surface area contributed by atoms with Crippen LogP contribution in [0.1, 0.15) is 17.3 Å². The minimum Gasteiger partial charge on any atom is -0.545 e. The summed E-state index contributed by atoms with van der Waals surface area (Å²) in [5.74, 6) is -1.94. The number of fused-ring (bicyclic) bond motifs is 1. The van der Waals surface area contributed by atoms with Gasteiger partial charge in [0.15, 0.2) is 18.9 Å². The maximum atomic E-state index is 12.2. The van der Waals surface area contributed by atoms with Gasteiger partial charge in [-0.1, -0.05) is 6.08 Å². The van der Waals surface area contributed by atoms with E-state index in [9.17, 15) is 24.6 Å². The summed E-state index contributed by atoms with van der Waals surface area (Å²) < 4.78 is 1.71. The molecule has 0 saturated carbocycles. The van der Waals surface area contributed by atoms with Crippen LogP contribution in [0.25, 0.3) is 10.9 Å². The molecule has 0 aromatic carbocycles. The number of rotatable bonds is 5. The molecule has 0 spiro atoms. The molecule has 0 aliphatic carbocycles. The zero-order valence-electron chi connectivity index (χ0n) is 16.5. The molecule has 30 heavy (non-hydrogen) atoms. The van der Waals surface area contributed by atoms with Gasteiger partial charge in [0.25, 0.3) is 0 Å². The molecule has 0 amide bonds. The number of H-pyrrole nitrogens is 1. The zero-order valence-corrected chi connectivity index (χ0v) is 19.3. The Balaban J connectivity index is 0.00000146. The molecule has 0 radical (unpaired) electrons. The molecule has 3 N–H and O–H groups in total. The number of carbonyl (C=O) groups excluding carboxylic acids is 2. The first-order chi connectivity index (χ1) is 13.9. The Bertz CT molecular complexity index is 1070. The van der Waals surface area contributed by atoms with E-state index < -0.39 is 22.9 Å². The Morgan fingerprint density at radius 2 is 2.13 bits per heavy atom. The number of aromatic amines is 1. The zero-order chi connectivity index (χ0) is 21.6. The van der Waals surface area contributed by atoms with Gasteiger partial charge >= 0.3 is 35.5 Å². The van der Waals surface area contributed by atoms with Crippen molar-refractivity contribution < 1.29 is 58.7 Å². The van der Waals surface area contributed by atoms with Crippen molar-refractivity contribution in [2.24, 2.45) is 0 Å². The van der Waals surface area contributed by atoms with Crippen molar-refractivity contribution in [2.75, 3.05) is 5.75 Å². The van der Waals surface area contributed by atoms with Gasteiger partial charge < -0.3 is 30.1 Å². The van der Waals surface area contributed by atoms with E-state index in [1.807, 2.05) is 13.7 Å². The molecule has 0 saturated heterocycles. The molecule has 3 rings (SSSR count). The van der Waals surface area contributed by atoms with Crippen LogP contribution in [0.4, 0.5) is 0 Å². The van der Waals surface area contributed by atoms with Gasteiger partial charge in [0.1, 0.15) is 17.9 Å². The van der Waals surface area contributed by atoms with E-state index >= 15 is 0 Å². The number of carboxylic acids is 2. The van der Waals surface area contributed by atoms with Crippen LogP contribution in [0.2, 0.25) is 0 Å². The van der Waals surface area contributed by atoms with Crippen molar-refractivity contribution in [3.8, 4) is 0 Å². The summed E-state index contributed by atoms with van der Waals surface area (Å²) in [7, 11) is 0. The third kappa shape index (κ3) is 6.05. The third-order valence-electron chi connectivity index (χ3n) is 4.11. The van der Waals surface area contributed by atoms with E-state index in [4.69, 9.17) is 4.79 Å². The first kappa shape index (κ1) is 25.6. The monoisotopic (exact) mass is 440 g/mol. The second kappa shape index (κ2) is 11.7. The van der Waals surface area contributed by atoms with Crippen LogP contribution in [0.5, 0.6) is 0 Å². The van der Waals surface area contributed by atoms with E-state index in [0.717, 1.165) is 6.20 Å². The number of pyridine rings is 2. The predicted octanol–water partition coefficient (Wildman–Crippen LogP) is -3.42. The fraction of sp³-hybridized carbons (Fsp3) is 0.211. The second-order valence-corrected chi connectivity index (χ2v) is 7.32. The number of nitrogens with zero attached hydrogens (tertiary/aromatic N) is 1. The van der Waals surface area contributed by atoms with Gasteiger partial charge in [0.05, 0.1) is 22.4 Å². The van der Waals surface area contributed by atoms with Crippen molar-refractivity contribution in [3.05, 3.63) is 63.9 Å². The topological polar surface area (TPSA) is 143 Å². The normalized spacial score (nSPS) is 15.7. The molecule has 2 aromatic rings. The van der Waals surface area contributed by atoms with E-state index in [2.05, 4.69) is 10.3 Å². The molecule has 1 unspecified atom stereocenters. The van der Waals surface area contributed by atoms with Crippen molar-refractivity contribution in [3.63, 3.8) is 0 Å². The number of thioether (sulfide) groups is 1. The number of carbonyl (C=O) groups is 3. The molecule has 1 atom stereocenters. The molecule has 152 valence electrons. The Kier molecular flexibility index (Phi) is 10.00. The third-order valence-corrected chi connectivity index (χ3v) is 5.20. The minimum atomic E-state index is -1.53. The fourth-order valence-corrected chi connectivity index (χ4v) is 3.61. The first-order valence-electron chi connectivity index (χ1n) is 8.42. The van der Waals surface area contributed by atoms with Crippen molar-refractivity contribution in [1.82, 2.24) is 10.3 Å². The van der Waals surface area contributed by atoms with Gasteiger partial charge in [0, 0.05) is 18.0 Å². The van der Waals surface area contributed by atoms with Crippen molar-refractivity contribution >= 4 is 41.4 Å². The Morgan fingerprint density at radius 1 is 1.43 bits per heavy atom. The maximum Gasteiger partial charge on any atom is 1.00 e. The number of nitrogens with one attached hydrogen (secondary N) is 2. The molecule has 3 heterocycles. The van der Waals surface area contributed by atoms with Crippen molar-refractivity contribution in [1.29, 1.82) is 0 Å². The number of aliphatic carboxylic acids is 1. The fourth-order valence-electron chi connectivity index (χ4n) is 2.74. The van der Waals surface area contributed by atoms with E-state index in [1.54, 1.807) is 46.9 Å². The maximum absolute atomic E-state index is 12.2. The molecule has 2 aromatic heterocycles.